The smallest absolute Gasteiger partial charge is 0.264 e. The van der Waals surface area contributed by atoms with E-state index in [1.807, 2.05) is 23.6 Å². The Bertz CT molecular complexity index is 1030. The Labute approximate surface area is 180 Å². The van der Waals surface area contributed by atoms with Gasteiger partial charge in [0.15, 0.2) is 11.4 Å². The van der Waals surface area contributed by atoms with Gasteiger partial charge in [0, 0.05) is 14.9 Å². The molecular formula is C19H13Br2NO3S2. The zero-order valence-corrected chi connectivity index (χ0v) is 18.6. The molecule has 1 N–H and O–H groups in total. The molecule has 138 valence electrons. The van der Waals surface area contributed by atoms with Crippen LogP contribution in [0.25, 0.3) is 0 Å². The van der Waals surface area contributed by atoms with Gasteiger partial charge in [-0.3, -0.25) is 9.59 Å². The normalized spacial score (nSPS) is 18.8. The van der Waals surface area contributed by atoms with E-state index in [-0.39, 0.29) is 12.2 Å². The van der Waals surface area contributed by atoms with Crippen LogP contribution in [0.3, 0.4) is 0 Å². The molecule has 2 aromatic heterocycles. The van der Waals surface area contributed by atoms with Gasteiger partial charge in [-0.15, -0.1) is 22.7 Å². The van der Waals surface area contributed by atoms with Crippen molar-refractivity contribution in [2.45, 2.75) is 18.6 Å². The molecule has 1 atom stereocenters. The minimum Gasteiger partial charge on any atom is -0.375 e. The fourth-order valence-electron chi connectivity index (χ4n) is 3.19. The monoisotopic (exact) mass is 525 g/mol. The molecule has 0 aliphatic carbocycles. The van der Waals surface area contributed by atoms with Crippen molar-refractivity contribution in [2.75, 3.05) is 4.90 Å². The van der Waals surface area contributed by atoms with E-state index in [0.717, 1.165) is 13.1 Å². The van der Waals surface area contributed by atoms with Crippen LogP contribution in [0.2, 0.25) is 0 Å². The van der Waals surface area contributed by atoms with Crippen molar-refractivity contribution in [1.29, 1.82) is 0 Å². The number of Topliss-reactive ketones (excluding diaryl/α,β-unsaturated/α-hetero) is 1. The number of carbonyl (C=O) groups excluding carboxylic acids is 2. The lowest BCUT2D eigenvalue weighted by Crippen LogP contribution is -2.41. The Hall–Kier alpha value is -1.32. The molecule has 27 heavy (non-hydrogen) atoms. The van der Waals surface area contributed by atoms with E-state index in [1.165, 1.54) is 11.3 Å². The first-order valence-corrected chi connectivity index (χ1v) is 11.3. The minimum atomic E-state index is -1.87. The maximum Gasteiger partial charge on any atom is 0.264 e. The summed E-state index contributed by atoms with van der Waals surface area (Å²) >= 11 is 9.58. The molecule has 1 amide bonds. The van der Waals surface area contributed by atoms with Gasteiger partial charge < -0.3 is 10.0 Å². The van der Waals surface area contributed by atoms with Gasteiger partial charge in [0.2, 0.25) is 0 Å². The van der Waals surface area contributed by atoms with Gasteiger partial charge >= 0.3 is 0 Å². The third kappa shape index (κ3) is 3.45. The average molecular weight is 527 g/mol. The van der Waals surface area contributed by atoms with E-state index in [1.54, 1.807) is 40.5 Å². The lowest BCUT2D eigenvalue weighted by atomic mass is 9.89. The van der Waals surface area contributed by atoms with Crippen LogP contribution in [0.5, 0.6) is 0 Å². The summed E-state index contributed by atoms with van der Waals surface area (Å²) < 4.78 is 1.58. The first kappa shape index (κ1) is 19.0. The molecule has 1 aliphatic rings. The summed E-state index contributed by atoms with van der Waals surface area (Å²) in [5.74, 6) is -0.724. The number of aliphatic hydroxyl groups is 1. The van der Waals surface area contributed by atoms with Crippen molar-refractivity contribution in [3.8, 4) is 0 Å². The van der Waals surface area contributed by atoms with Crippen molar-refractivity contribution in [3.05, 3.63) is 71.4 Å². The number of rotatable bonds is 5. The fourth-order valence-corrected chi connectivity index (χ4v) is 5.57. The van der Waals surface area contributed by atoms with Crippen LogP contribution in [-0.2, 0) is 16.9 Å². The van der Waals surface area contributed by atoms with Crippen molar-refractivity contribution in [2.24, 2.45) is 0 Å². The van der Waals surface area contributed by atoms with Gasteiger partial charge in [0.25, 0.3) is 5.91 Å². The summed E-state index contributed by atoms with van der Waals surface area (Å²) in [6, 6.07) is 12.7. The first-order chi connectivity index (χ1) is 12.9. The number of fused-ring (bicyclic) bond motifs is 1. The summed E-state index contributed by atoms with van der Waals surface area (Å²) in [4.78, 5) is 29.0. The SMILES string of the molecule is O=C(CC1(O)C(=O)N(Cc2cccs2)c2ccc(Br)cc21)c1ccc(Br)s1. The van der Waals surface area contributed by atoms with Crippen molar-refractivity contribution >= 4 is 71.9 Å². The number of carbonyl (C=O) groups is 2. The number of benzene rings is 1. The maximum absolute atomic E-state index is 13.2. The van der Waals surface area contributed by atoms with Crippen LogP contribution in [0, 0.1) is 0 Å². The van der Waals surface area contributed by atoms with E-state index < -0.39 is 11.5 Å². The predicted molar refractivity (Wildman–Crippen MR) is 115 cm³/mol. The highest BCUT2D eigenvalue weighted by molar-refractivity contribution is 9.11. The second-order valence-corrected chi connectivity index (χ2v) is 10.6. The largest absolute Gasteiger partial charge is 0.375 e. The molecule has 0 saturated carbocycles. The van der Waals surface area contributed by atoms with Gasteiger partial charge in [0.1, 0.15) is 0 Å². The second kappa shape index (κ2) is 7.25. The van der Waals surface area contributed by atoms with E-state index in [0.29, 0.717) is 22.7 Å². The van der Waals surface area contributed by atoms with E-state index in [2.05, 4.69) is 31.9 Å². The Balaban J connectivity index is 1.72. The summed E-state index contributed by atoms with van der Waals surface area (Å²) in [7, 11) is 0. The average Bonchev–Trinajstić information content (AvgIpc) is 3.33. The third-order valence-corrected chi connectivity index (χ3v) is 7.47. The molecule has 3 aromatic rings. The van der Waals surface area contributed by atoms with Gasteiger partial charge in [-0.2, -0.15) is 0 Å². The van der Waals surface area contributed by atoms with Crippen molar-refractivity contribution < 1.29 is 14.7 Å². The van der Waals surface area contributed by atoms with Crippen molar-refractivity contribution in [1.82, 2.24) is 0 Å². The number of ketones is 1. The summed E-state index contributed by atoms with van der Waals surface area (Å²) in [5.41, 5.74) is -0.772. The Morgan fingerprint density at radius 3 is 2.67 bits per heavy atom. The zero-order chi connectivity index (χ0) is 19.2. The first-order valence-electron chi connectivity index (χ1n) is 8.04. The molecule has 0 bridgehead atoms. The van der Waals surface area contributed by atoms with Gasteiger partial charge in [-0.25, -0.2) is 0 Å². The molecule has 0 fully saturated rings. The van der Waals surface area contributed by atoms with Crippen LogP contribution in [0.15, 0.2) is 56.1 Å². The molecule has 1 aliphatic heterocycles. The molecular weight excluding hydrogens is 514 g/mol. The van der Waals surface area contributed by atoms with Crippen LogP contribution >= 0.6 is 54.5 Å². The number of hydrogen-bond acceptors (Lipinski definition) is 5. The molecule has 1 unspecified atom stereocenters. The third-order valence-electron chi connectivity index (χ3n) is 4.45. The minimum absolute atomic E-state index is 0.259. The molecule has 3 heterocycles. The summed E-state index contributed by atoms with van der Waals surface area (Å²) in [6.45, 7) is 0.367. The Morgan fingerprint density at radius 2 is 2.00 bits per heavy atom. The van der Waals surface area contributed by atoms with E-state index in [9.17, 15) is 14.7 Å². The molecule has 0 radical (unpaired) electrons. The predicted octanol–water partition coefficient (Wildman–Crippen LogP) is 5.34. The quantitative estimate of drug-likeness (QED) is 0.456. The van der Waals surface area contributed by atoms with Crippen LogP contribution in [0.4, 0.5) is 5.69 Å². The molecule has 0 spiro atoms. The van der Waals surface area contributed by atoms with Crippen LogP contribution in [0.1, 0.15) is 26.5 Å². The van der Waals surface area contributed by atoms with Crippen LogP contribution in [-0.4, -0.2) is 16.8 Å². The Morgan fingerprint density at radius 1 is 1.19 bits per heavy atom. The molecule has 4 rings (SSSR count). The molecule has 8 heteroatoms. The molecule has 0 saturated heterocycles. The fraction of sp³-hybridized carbons (Fsp3) is 0.158. The van der Waals surface area contributed by atoms with E-state index in [4.69, 9.17) is 0 Å². The molecule has 1 aromatic carbocycles. The lowest BCUT2D eigenvalue weighted by Gasteiger charge is -2.22. The highest BCUT2D eigenvalue weighted by Crippen LogP contribution is 2.45. The number of amides is 1. The van der Waals surface area contributed by atoms with Gasteiger partial charge in [0.05, 0.1) is 27.3 Å². The number of anilines is 1. The van der Waals surface area contributed by atoms with Gasteiger partial charge in [-0.05, 0) is 57.7 Å². The standard InChI is InChI=1S/C19H13Br2NO3S2/c20-11-3-4-14-13(8-11)19(25,9-15(23)16-5-6-17(21)27-16)18(24)22(14)10-12-2-1-7-26-12/h1-8,25H,9-10H2. The highest BCUT2D eigenvalue weighted by atomic mass is 79.9. The van der Waals surface area contributed by atoms with E-state index >= 15 is 0 Å². The zero-order valence-electron chi connectivity index (χ0n) is 13.8. The number of hydrogen-bond donors (Lipinski definition) is 1. The Kier molecular flexibility index (Phi) is 5.11. The topological polar surface area (TPSA) is 57.6 Å². The van der Waals surface area contributed by atoms with Crippen LogP contribution < -0.4 is 4.90 Å². The number of nitrogens with zero attached hydrogens (tertiary/aromatic N) is 1. The maximum atomic E-state index is 13.2. The molecule has 4 nitrogen and oxygen atoms in total. The number of thiophene rings is 2. The lowest BCUT2D eigenvalue weighted by molar-refractivity contribution is -0.136. The van der Waals surface area contributed by atoms with Gasteiger partial charge in [-0.1, -0.05) is 22.0 Å². The second-order valence-electron chi connectivity index (χ2n) is 6.20. The summed E-state index contributed by atoms with van der Waals surface area (Å²) in [5, 5.41) is 13.3. The highest BCUT2D eigenvalue weighted by Gasteiger charge is 2.51. The van der Waals surface area contributed by atoms with Crippen molar-refractivity contribution in [3.63, 3.8) is 0 Å². The summed E-state index contributed by atoms with van der Waals surface area (Å²) in [6.07, 6.45) is -0.289. The number of halogens is 2.